The molecule has 1 aromatic carbocycles. The molecule has 1 N–H and O–H groups in total. The summed E-state index contributed by atoms with van der Waals surface area (Å²) < 4.78 is 18.5. The van der Waals surface area contributed by atoms with Crippen molar-refractivity contribution in [2.45, 2.75) is 32.9 Å². The average Bonchev–Trinajstić information content (AvgIpc) is 2.99. The molecule has 0 saturated carbocycles. The van der Waals surface area contributed by atoms with Gasteiger partial charge in [-0.15, -0.1) is 0 Å². The van der Waals surface area contributed by atoms with Crippen LogP contribution in [0.15, 0.2) is 18.2 Å². The lowest BCUT2D eigenvalue weighted by molar-refractivity contribution is 0.115. The highest BCUT2D eigenvalue weighted by atomic mass is 19.1. The van der Waals surface area contributed by atoms with Crippen LogP contribution >= 0.6 is 0 Å². The zero-order chi connectivity index (χ0) is 17.7. The number of nitrogens with zero attached hydrogens (tertiary/aromatic N) is 2. The molecule has 7 heteroatoms. The van der Waals surface area contributed by atoms with Crippen molar-refractivity contribution in [2.24, 2.45) is 0 Å². The lowest BCUT2D eigenvalue weighted by atomic mass is 10.1. The number of hydrogen-bond acceptors (Lipinski definition) is 3. The number of hydrogen-bond donors (Lipinski definition) is 1. The Morgan fingerprint density at radius 2 is 2.21 bits per heavy atom. The first-order chi connectivity index (χ1) is 11.4. The average molecular weight is 337 g/mol. The summed E-state index contributed by atoms with van der Waals surface area (Å²) >= 11 is 0. The van der Waals surface area contributed by atoms with Crippen molar-refractivity contribution in [1.29, 1.82) is 0 Å². The van der Waals surface area contributed by atoms with E-state index in [1.165, 1.54) is 11.0 Å². The zero-order valence-electron chi connectivity index (χ0n) is 14.3. The van der Waals surface area contributed by atoms with Gasteiger partial charge >= 0.3 is 12.1 Å². The fraction of sp³-hybridized carbons (Fsp3) is 0.529. The van der Waals surface area contributed by atoms with E-state index in [0.29, 0.717) is 38.2 Å². The minimum atomic E-state index is -0.349. The molecule has 1 atom stereocenters. The predicted octanol–water partition coefficient (Wildman–Crippen LogP) is 2.51. The van der Waals surface area contributed by atoms with Crippen LogP contribution in [0, 0.1) is 12.7 Å². The molecule has 0 radical (unpaired) electrons. The third-order valence-corrected chi connectivity index (χ3v) is 4.04. The van der Waals surface area contributed by atoms with Crippen molar-refractivity contribution < 1.29 is 18.7 Å². The summed E-state index contributed by atoms with van der Waals surface area (Å²) in [6.45, 7) is 5.12. The van der Waals surface area contributed by atoms with Crippen molar-refractivity contribution in [3.63, 3.8) is 0 Å². The predicted molar refractivity (Wildman–Crippen MR) is 88.1 cm³/mol. The SMILES string of the molecule is CCOC(=O)N1CC[C@@H](NC(=O)N(C)Cc2ccc(C)c(F)c2)C1. The van der Waals surface area contributed by atoms with E-state index in [1.54, 1.807) is 37.9 Å². The van der Waals surface area contributed by atoms with Gasteiger partial charge in [-0.1, -0.05) is 12.1 Å². The smallest absolute Gasteiger partial charge is 0.409 e. The highest BCUT2D eigenvalue weighted by Gasteiger charge is 2.28. The molecular weight excluding hydrogens is 313 g/mol. The number of ether oxygens (including phenoxy) is 1. The van der Waals surface area contributed by atoms with Crippen LogP contribution in [-0.4, -0.2) is 54.7 Å². The second kappa shape index (κ2) is 7.99. The molecule has 0 bridgehead atoms. The molecule has 1 aromatic rings. The van der Waals surface area contributed by atoms with E-state index in [4.69, 9.17) is 4.74 Å². The Kier molecular flexibility index (Phi) is 6.00. The minimum absolute atomic E-state index is 0.0980. The van der Waals surface area contributed by atoms with Crippen LogP contribution in [0.25, 0.3) is 0 Å². The summed E-state index contributed by atoms with van der Waals surface area (Å²) in [6.07, 6.45) is 0.343. The number of benzene rings is 1. The summed E-state index contributed by atoms with van der Waals surface area (Å²) in [7, 11) is 1.66. The van der Waals surface area contributed by atoms with Crippen LogP contribution in [0.1, 0.15) is 24.5 Å². The van der Waals surface area contributed by atoms with Crippen LogP contribution < -0.4 is 5.32 Å². The monoisotopic (exact) mass is 337 g/mol. The summed E-state index contributed by atoms with van der Waals surface area (Å²) in [5.41, 5.74) is 1.31. The van der Waals surface area contributed by atoms with Gasteiger partial charge in [-0.25, -0.2) is 14.0 Å². The van der Waals surface area contributed by atoms with Crippen LogP contribution in [0.4, 0.5) is 14.0 Å². The second-order valence-electron chi connectivity index (χ2n) is 6.02. The van der Waals surface area contributed by atoms with E-state index >= 15 is 0 Å². The minimum Gasteiger partial charge on any atom is -0.450 e. The van der Waals surface area contributed by atoms with Crippen molar-refractivity contribution in [2.75, 3.05) is 26.7 Å². The van der Waals surface area contributed by atoms with Gasteiger partial charge in [0, 0.05) is 32.7 Å². The molecule has 1 aliphatic rings. The van der Waals surface area contributed by atoms with Gasteiger partial charge in [-0.05, 0) is 37.5 Å². The molecule has 6 nitrogen and oxygen atoms in total. The molecule has 24 heavy (non-hydrogen) atoms. The molecule has 0 spiro atoms. The molecule has 0 unspecified atom stereocenters. The quantitative estimate of drug-likeness (QED) is 0.918. The van der Waals surface area contributed by atoms with Crippen LogP contribution in [-0.2, 0) is 11.3 Å². The Labute approximate surface area is 141 Å². The molecule has 0 aromatic heterocycles. The molecule has 1 aliphatic heterocycles. The van der Waals surface area contributed by atoms with Gasteiger partial charge in [0.05, 0.1) is 6.61 Å². The fourth-order valence-electron chi connectivity index (χ4n) is 2.62. The summed E-state index contributed by atoms with van der Waals surface area (Å²) in [6, 6.07) is 4.60. The Morgan fingerprint density at radius 1 is 1.46 bits per heavy atom. The van der Waals surface area contributed by atoms with Crippen molar-refractivity contribution in [1.82, 2.24) is 15.1 Å². The van der Waals surface area contributed by atoms with Gasteiger partial charge < -0.3 is 19.9 Å². The van der Waals surface area contributed by atoms with E-state index < -0.39 is 0 Å². The first-order valence-electron chi connectivity index (χ1n) is 8.09. The van der Waals surface area contributed by atoms with E-state index in [0.717, 1.165) is 5.56 Å². The van der Waals surface area contributed by atoms with Crippen molar-refractivity contribution in [3.05, 3.63) is 35.1 Å². The van der Waals surface area contributed by atoms with Crippen LogP contribution in [0.3, 0.4) is 0 Å². The molecule has 3 amide bonds. The maximum Gasteiger partial charge on any atom is 0.409 e. The van der Waals surface area contributed by atoms with Gasteiger partial charge in [-0.3, -0.25) is 0 Å². The van der Waals surface area contributed by atoms with E-state index in [1.807, 2.05) is 0 Å². The number of nitrogens with one attached hydrogen (secondary N) is 1. The third kappa shape index (κ3) is 4.59. The maximum atomic E-state index is 13.6. The highest BCUT2D eigenvalue weighted by molar-refractivity contribution is 5.74. The van der Waals surface area contributed by atoms with Crippen LogP contribution in [0.2, 0.25) is 0 Å². The second-order valence-corrected chi connectivity index (χ2v) is 6.02. The normalized spacial score (nSPS) is 16.8. The first-order valence-corrected chi connectivity index (χ1v) is 8.09. The highest BCUT2D eigenvalue weighted by Crippen LogP contribution is 2.13. The summed E-state index contributed by atoms with van der Waals surface area (Å²) in [5.74, 6) is -0.276. The standard InChI is InChI=1S/C17H24FN3O3/c1-4-24-17(23)21-8-7-14(11-21)19-16(22)20(3)10-13-6-5-12(2)15(18)9-13/h5-6,9,14H,4,7-8,10-11H2,1-3H3,(H,19,22)/t14-/m1/s1. The fourth-order valence-corrected chi connectivity index (χ4v) is 2.62. The maximum absolute atomic E-state index is 13.6. The molecule has 1 fully saturated rings. The van der Waals surface area contributed by atoms with Gasteiger partial charge in [0.25, 0.3) is 0 Å². The number of carbonyl (C=O) groups excluding carboxylic acids is 2. The van der Waals surface area contributed by atoms with Gasteiger partial charge in [-0.2, -0.15) is 0 Å². The molecule has 0 aliphatic carbocycles. The van der Waals surface area contributed by atoms with E-state index in [2.05, 4.69) is 5.32 Å². The lowest BCUT2D eigenvalue weighted by Gasteiger charge is -2.21. The lowest BCUT2D eigenvalue weighted by Crippen LogP contribution is -2.44. The number of likely N-dealkylation sites (tertiary alicyclic amines) is 1. The van der Waals surface area contributed by atoms with Crippen LogP contribution in [0.5, 0.6) is 0 Å². The molecule has 1 heterocycles. The van der Waals surface area contributed by atoms with Gasteiger partial charge in [0.15, 0.2) is 0 Å². The third-order valence-electron chi connectivity index (χ3n) is 4.04. The number of aryl methyl sites for hydroxylation is 1. The molecular formula is C17H24FN3O3. The first kappa shape index (κ1) is 18.0. The summed E-state index contributed by atoms with van der Waals surface area (Å²) in [5, 5.41) is 2.90. The van der Waals surface area contributed by atoms with Gasteiger partial charge in [0.2, 0.25) is 0 Å². The Bertz CT molecular complexity index is 609. The number of carbonyl (C=O) groups is 2. The van der Waals surface area contributed by atoms with E-state index in [-0.39, 0.29) is 24.0 Å². The number of amides is 3. The summed E-state index contributed by atoms with van der Waals surface area (Å²) in [4.78, 5) is 27.0. The zero-order valence-corrected chi connectivity index (χ0v) is 14.3. The number of rotatable bonds is 4. The number of halogens is 1. The van der Waals surface area contributed by atoms with Crippen molar-refractivity contribution >= 4 is 12.1 Å². The van der Waals surface area contributed by atoms with Crippen molar-refractivity contribution in [3.8, 4) is 0 Å². The Hall–Kier alpha value is -2.31. The van der Waals surface area contributed by atoms with E-state index in [9.17, 15) is 14.0 Å². The van der Waals surface area contributed by atoms with Gasteiger partial charge in [0.1, 0.15) is 5.82 Å². The topological polar surface area (TPSA) is 61.9 Å². The largest absolute Gasteiger partial charge is 0.450 e. The molecule has 1 saturated heterocycles. The molecule has 132 valence electrons. The number of urea groups is 1. The Balaban J connectivity index is 1.83. The molecule has 2 rings (SSSR count). The Morgan fingerprint density at radius 3 is 2.88 bits per heavy atom.